The number of hydrogen-bond donors (Lipinski definition) is 1. The molecule has 0 aliphatic carbocycles. The van der Waals surface area contributed by atoms with Gasteiger partial charge in [0.25, 0.3) is 5.91 Å². The normalized spacial score (nSPS) is 14.6. The Morgan fingerprint density at radius 1 is 1.09 bits per heavy atom. The van der Waals surface area contributed by atoms with Crippen LogP contribution in [0.2, 0.25) is 0 Å². The maximum Gasteiger partial charge on any atom is 0.331 e. The number of amides is 1. The molecule has 1 heterocycles. The third-order valence-electron chi connectivity index (χ3n) is 5.51. The van der Waals surface area contributed by atoms with Gasteiger partial charge >= 0.3 is 5.97 Å². The Balaban J connectivity index is 1.74. The number of benzene rings is 2. The summed E-state index contributed by atoms with van der Waals surface area (Å²) in [5.74, 6) is -1.22. The Kier molecular flexibility index (Phi) is 9.41. The van der Waals surface area contributed by atoms with Crippen LogP contribution >= 0.6 is 0 Å². The van der Waals surface area contributed by atoms with Gasteiger partial charge in [0.05, 0.1) is 29.5 Å². The molecule has 9 nitrogen and oxygen atoms in total. The van der Waals surface area contributed by atoms with Crippen LogP contribution in [0.1, 0.15) is 19.4 Å². The summed E-state index contributed by atoms with van der Waals surface area (Å²) in [6, 6.07) is 13.9. The fraction of sp³-hybridized carbons (Fsp3) is 0.360. The van der Waals surface area contributed by atoms with Crippen molar-refractivity contribution >= 4 is 39.4 Å². The van der Waals surface area contributed by atoms with Gasteiger partial charge in [-0.15, -0.1) is 0 Å². The summed E-state index contributed by atoms with van der Waals surface area (Å²) in [5.41, 5.74) is 1.85. The van der Waals surface area contributed by atoms with Crippen LogP contribution in [0.5, 0.6) is 0 Å². The fourth-order valence-electron chi connectivity index (χ4n) is 3.65. The number of hydrogen-bond acceptors (Lipinski definition) is 7. The number of ether oxygens (including phenoxy) is 2. The van der Waals surface area contributed by atoms with Crippen LogP contribution in [0.15, 0.2) is 59.5 Å². The van der Waals surface area contributed by atoms with E-state index in [1.165, 1.54) is 16.4 Å². The molecule has 10 heteroatoms. The van der Waals surface area contributed by atoms with Crippen molar-refractivity contribution in [2.45, 2.75) is 18.7 Å². The van der Waals surface area contributed by atoms with Gasteiger partial charge in [-0.05, 0) is 43.7 Å². The van der Waals surface area contributed by atoms with Gasteiger partial charge in [0.15, 0.2) is 6.61 Å². The van der Waals surface area contributed by atoms with Crippen molar-refractivity contribution in [3.05, 3.63) is 60.2 Å². The van der Waals surface area contributed by atoms with E-state index in [4.69, 9.17) is 9.47 Å². The number of carbonyl (C=O) groups is 2. The van der Waals surface area contributed by atoms with E-state index < -0.39 is 28.5 Å². The highest BCUT2D eigenvalue weighted by Crippen LogP contribution is 2.30. The highest BCUT2D eigenvalue weighted by Gasteiger charge is 2.27. The summed E-state index contributed by atoms with van der Waals surface area (Å²) >= 11 is 0. The average molecular weight is 502 g/mol. The number of nitrogens with zero attached hydrogens (tertiary/aromatic N) is 2. The highest BCUT2D eigenvalue weighted by atomic mass is 32.2. The Morgan fingerprint density at radius 3 is 2.43 bits per heavy atom. The lowest BCUT2D eigenvalue weighted by Crippen LogP contribution is -2.40. The quantitative estimate of drug-likeness (QED) is 0.394. The van der Waals surface area contributed by atoms with Crippen molar-refractivity contribution in [3.8, 4) is 0 Å². The largest absolute Gasteiger partial charge is 0.452 e. The number of rotatable bonds is 10. The monoisotopic (exact) mass is 501 g/mol. The Labute approximate surface area is 206 Å². The molecule has 1 aliphatic heterocycles. The van der Waals surface area contributed by atoms with E-state index >= 15 is 0 Å². The molecule has 35 heavy (non-hydrogen) atoms. The molecule has 1 fully saturated rings. The highest BCUT2D eigenvalue weighted by molar-refractivity contribution is 7.89. The lowest BCUT2D eigenvalue weighted by Gasteiger charge is -2.28. The molecule has 0 saturated carbocycles. The van der Waals surface area contributed by atoms with Gasteiger partial charge < -0.3 is 19.7 Å². The van der Waals surface area contributed by atoms with Gasteiger partial charge in [-0.3, -0.25) is 4.79 Å². The number of anilines is 2. The summed E-state index contributed by atoms with van der Waals surface area (Å²) < 4.78 is 37.9. The van der Waals surface area contributed by atoms with Crippen LogP contribution < -0.4 is 10.2 Å². The number of morpholine rings is 1. The van der Waals surface area contributed by atoms with Crippen LogP contribution in [0.25, 0.3) is 6.08 Å². The van der Waals surface area contributed by atoms with Crippen molar-refractivity contribution < 1.29 is 27.5 Å². The van der Waals surface area contributed by atoms with Crippen molar-refractivity contribution in [1.82, 2.24) is 4.31 Å². The molecule has 0 radical (unpaired) electrons. The maximum absolute atomic E-state index is 13.1. The second-order valence-electron chi connectivity index (χ2n) is 7.77. The lowest BCUT2D eigenvalue weighted by atomic mass is 10.2. The maximum atomic E-state index is 13.1. The SMILES string of the molecule is CCN(CC)c1ccc(S(=O)(=O)N2CCOCC2)cc1NC(=O)COC(=O)C=Cc1ccccc1. The molecule has 0 spiro atoms. The molecule has 188 valence electrons. The minimum atomic E-state index is -3.75. The van der Waals surface area contributed by atoms with Gasteiger partial charge in [0.2, 0.25) is 10.0 Å². The fourth-order valence-corrected chi connectivity index (χ4v) is 5.09. The Morgan fingerprint density at radius 2 is 1.77 bits per heavy atom. The molecular weight excluding hydrogens is 470 g/mol. The molecule has 0 aromatic heterocycles. The van der Waals surface area contributed by atoms with E-state index in [1.807, 2.05) is 49.1 Å². The lowest BCUT2D eigenvalue weighted by molar-refractivity contribution is -0.142. The van der Waals surface area contributed by atoms with E-state index in [9.17, 15) is 18.0 Å². The predicted molar refractivity (Wildman–Crippen MR) is 135 cm³/mol. The summed E-state index contributed by atoms with van der Waals surface area (Å²) in [4.78, 5) is 26.7. The van der Waals surface area contributed by atoms with Crippen molar-refractivity contribution in [2.75, 3.05) is 56.2 Å². The average Bonchev–Trinajstić information content (AvgIpc) is 2.88. The van der Waals surface area contributed by atoms with Crippen molar-refractivity contribution in [2.24, 2.45) is 0 Å². The van der Waals surface area contributed by atoms with Crippen LogP contribution in [-0.4, -0.2) is 70.6 Å². The standard InChI is InChI=1S/C25H31N3O6S/c1-3-27(4-2)23-12-11-21(35(31,32)28-14-16-33-17-15-28)18-22(23)26-24(29)19-34-25(30)13-10-20-8-6-5-7-9-20/h5-13,18H,3-4,14-17,19H2,1-2H3,(H,26,29). The zero-order valence-electron chi connectivity index (χ0n) is 20.0. The van der Waals surface area contributed by atoms with Crippen LogP contribution in [0.3, 0.4) is 0 Å². The summed E-state index contributed by atoms with van der Waals surface area (Å²) in [6.07, 6.45) is 2.85. The van der Waals surface area contributed by atoms with Crippen LogP contribution in [0.4, 0.5) is 11.4 Å². The van der Waals surface area contributed by atoms with Crippen molar-refractivity contribution in [3.63, 3.8) is 0 Å². The predicted octanol–water partition coefficient (Wildman–Crippen LogP) is 2.75. The summed E-state index contributed by atoms with van der Waals surface area (Å²) in [6.45, 7) is 5.97. The summed E-state index contributed by atoms with van der Waals surface area (Å²) in [7, 11) is -3.75. The molecule has 1 saturated heterocycles. The molecule has 1 amide bonds. The smallest absolute Gasteiger partial charge is 0.331 e. The second-order valence-corrected chi connectivity index (χ2v) is 9.71. The van der Waals surface area contributed by atoms with Crippen molar-refractivity contribution in [1.29, 1.82) is 0 Å². The molecule has 1 N–H and O–H groups in total. The Hall–Kier alpha value is -3.21. The molecule has 2 aromatic carbocycles. The van der Waals surface area contributed by atoms with Gasteiger partial charge in [-0.25, -0.2) is 13.2 Å². The topological polar surface area (TPSA) is 105 Å². The first-order chi connectivity index (χ1) is 16.8. The zero-order valence-corrected chi connectivity index (χ0v) is 20.8. The third kappa shape index (κ3) is 7.14. The van der Waals surface area contributed by atoms with Gasteiger partial charge in [-0.1, -0.05) is 30.3 Å². The Bertz CT molecular complexity index is 1140. The number of sulfonamides is 1. The van der Waals surface area contributed by atoms with Crippen LogP contribution in [0, 0.1) is 0 Å². The number of carbonyl (C=O) groups excluding carboxylic acids is 2. The zero-order chi connectivity index (χ0) is 25.3. The third-order valence-corrected chi connectivity index (χ3v) is 7.41. The minimum Gasteiger partial charge on any atom is -0.452 e. The van der Waals surface area contributed by atoms with Gasteiger partial charge in [0, 0.05) is 32.3 Å². The van der Waals surface area contributed by atoms with E-state index in [-0.39, 0.29) is 18.0 Å². The summed E-state index contributed by atoms with van der Waals surface area (Å²) in [5, 5.41) is 2.71. The minimum absolute atomic E-state index is 0.0772. The van der Waals surface area contributed by atoms with E-state index in [1.54, 1.807) is 18.2 Å². The first-order valence-corrected chi connectivity index (χ1v) is 13.0. The van der Waals surface area contributed by atoms with E-state index in [2.05, 4.69) is 5.32 Å². The molecular formula is C25H31N3O6S. The molecule has 0 bridgehead atoms. The molecule has 0 unspecified atom stereocenters. The first-order valence-electron chi connectivity index (χ1n) is 11.5. The second kappa shape index (κ2) is 12.5. The number of esters is 1. The van der Waals surface area contributed by atoms with E-state index in [0.29, 0.717) is 37.7 Å². The number of nitrogens with one attached hydrogen (secondary N) is 1. The molecule has 1 aliphatic rings. The molecule has 3 rings (SSSR count). The van der Waals surface area contributed by atoms with E-state index in [0.717, 1.165) is 5.56 Å². The van der Waals surface area contributed by atoms with Gasteiger partial charge in [-0.2, -0.15) is 4.31 Å². The first kappa shape index (κ1) is 26.4. The molecule has 0 atom stereocenters. The van der Waals surface area contributed by atoms with Crippen LogP contribution in [-0.2, 0) is 29.1 Å². The van der Waals surface area contributed by atoms with Gasteiger partial charge in [0.1, 0.15) is 0 Å². The molecule has 2 aromatic rings.